The quantitative estimate of drug-likeness (QED) is 0.739. The highest BCUT2D eigenvalue weighted by Crippen LogP contribution is 2.27. The second-order valence-corrected chi connectivity index (χ2v) is 4.97. The first-order valence-corrected chi connectivity index (χ1v) is 6.73. The summed E-state index contributed by atoms with van der Waals surface area (Å²) < 4.78 is 0. The standard InChI is InChI=1S/C13H22N4O/c1-2-4-12-16-11(14)7-13(17-12)15-10-6-3-5-9(10)8-18/h7,9-10,18H,2-6,8H2,1H3,(H3,14,15,16,17). The largest absolute Gasteiger partial charge is 0.396 e. The zero-order chi connectivity index (χ0) is 13.0. The van der Waals surface area contributed by atoms with Crippen molar-refractivity contribution in [2.24, 2.45) is 5.92 Å². The van der Waals surface area contributed by atoms with Gasteiger partial charge in [-0.05, 0) is 19.3 Å². The molecule has 1 heterocycles. The van der Waals surface area contributed by atoms with Gasteiger partial charge in [0.05, 0.1) is 0 Å². The van der Waals surface area contributed by atoms with Crippen LogP contribution in [0.2, 0.25) is 0 Å². The molecule has 0 amide bonds. The van der Waals surface area contributed by atoms with Crippen molar-refractivity contribution < 1.29 is 5.11 Å². The molecule has 1 fully saturated rings. The average molecular weight is 250 g/mol. The van der Waals surface area contributed by atoms with Crippen molar-refractivity contribution in [3.63, 3.8) is 0 Å². The molecule has 2 atom stereocenters. The molecule has 2 unspecified atom stereocenters. The van der Waals surface area contributed by atoms with Crippen LogP contribution in [0.5, 0.6) is 0 Å². The lowest BCUT2D eigenvalue weighted by atomic mass is 10.1. The molecular formula is C13H22N4O. The van der Waals surface area contributed by atoms with E-state index in [2.05, 4.69) is 22.2 Å². The van der Waals surface area contributed by atoms with Crippen molar-refractivity contribution in [2.45, 2.75) is 45.1 Å². The lowest BCUT2D eigenvalue weighted by Gasteiger charge is -2.20. The SMILES string of the molecule is CCCc1nc(N)cc(NC2CCCC2CO)n1. The molecule has 1 aliphatic carbocycles. The van der Waals surface area contributed by atoms with Gasteiger partial charge < -0.3 is 16.2 Å². The highest BCUT2D eigenvalue weighted by Gasteiger charge is 2.26. The van der Waals surface area contributed by atoms with E-state index < -0.39 is 0 Å². The monoisotopic (exact) mass is 250 g/mol. The highest BCUT2D eigenvalue weighted by atomic mass is 16.3. The average Bonchev–Trinajstić information content (AvgIpc) is 2.76. The molecule has 1 saturated carbocycles. The van der Waals surface area contributed by atoms with Gasteiger partial charge in [0.2, 0.25) is 0 Å². The van der Waals surface area contributed by atoms with Crippen LogP contribution in [0, 0.1) is 5.92 Å². The van der Waals surface area contributed by atoms with Gasteiger partial charge in [-0.2, -0.15) is 0 Å². The maximum absolute atomic E-state index is 9.31. The predicted molar refractivity (Wildman–Crippen MR) is 72.3 cm³/mol. The number of hydrogen-bond donors (Lipinski definition) is 3. The van der Waals surface area contributed by atoms with E-state index in [-0.39, 0.29) is 6.61 Å². The Kier molecular flexibility index (Phi) is 4.36. The fourth-order valence-electron chi connectivity index (χ4n) is 2.56. The number of rotatable bonds is 5. The lowest BCUT2D eigenvalue weighted by molar-refractivity contribution is 0.222. The minimum absolute atomic E-state index is 0.236. The number of nitrogens with two attached hydrogens (primary N) is 1. The summed E-state index contributed by atoms with van der Waals surface area (Å²) in [4.78, 5) is 8.69. The number of hydrogen-bond acceptors (Lipinski definition) is 5. The highest BCUT2D eigenvalue weighted by molar-refractivity contribution is 5.45. The molecule has 5 heteroatoms. The van der Waals surface area contributed by atoms with Gasteiger partial charge in [0.15, 0.2) is 0 Å². The molecule has 1 aliphatic rings. The zero-order valence-corrected chi connectivity index (χ0v) is 10.9. The van der Waals surface area contributed by atoms with Crippen LogP contribution in [0.25, 0.3) is 0 Å². The van der Waals surface area contributed by atoms with E-state index >= 15 is 0 Å². The summed E-state index contributed by atoms with van der Waals surface area (Å²) in [5, 5.41) is 12.7. The summed E-state index contributed by atoms with van der Waals surface area (Å²) in [5.74, 6) is 2.42. The van der Waals surface area contributed by atoms with Gasteiger partial charge in [-0.25, -0.2) is 9.97 Å². The molecule has 100 valence electrons. The summed E-state index contributed by atoms with van der Waals surface area (Å²) in [6, 6.07) is 2.07. The van der Waals surface area contributed by atoms with Crippen molar-refractivity contribution in [1.29, 1.82) is 0 Å². The van der Waals surface area contributed by atoms with Gasteiger partial charge in [0.1, 0.15) is 17.5 Å². The van der Waals surface area contributed by atoms with Gasteiger partial charge >= 0.3 is 0 Å². The van der Waals surface area contributed by atoms with Crippen molar-refractivity contribution in [1.82, 2.24) is 9.97 Å². The van der Waals surface area contributed by atoms with E-state index in [0.29, 0.717) is 17.8 Å². The normalized spacial score (nSPS) is 23.2. The topological polar surface area (TPSA) is 84.1 Å². The van der Waals surface area contributed by atoms with Crippen LogP contribution >= 0.6 is 0 Å². The minimum atomic E-state index is 0.236. The molecule has 0 spiro atoms. The third-order valence-electron chi connectivity index (χ3n) is 3.49. The van der Waals surface area contributed by atoms with Gasteiger partial charge in [-0.3, -0.25) is 0 Å². The summed E-state index contributed by atoms with van der Waals surface area (Å²) >= 11 is 0. The number of nitrogens with zero attached hydrogens (tertiary/aromatic N) is 2. The molecule has 2 rings (SSSR count). The fraction of sp³-hybridized carbons (Fsp3) is 0.692. The Morgan fingerprint density at radius 1 is 1.44 bits per heavy atom. The van der Waals surface area contributed by atoms with Gasteiger partial charge in [-0.1, -0.05) is 13.3 Å². The van der Waals surface area contributed by atoms with Crippen molar-refractivity contribution in [3.05, 3.63) is 11.9 Å². The third kappa shape index (κ3) is 3.10. The van der Waals surface area contributed by atoms with Crippen LogP contribution in [-0.4, -0.2) is 27.7 Å². The first-order chi connectivity index (χ1) is 8.72. The Morgan fingerprint density at radius 3 is 3.00 bits per heavy atom. The molecule has 5 nitrogen and oxygen atoms in total. The lowest BCUT2D eigenvalue weighted by Crippen LogP contribution is -2.27. The van der Waals surface area contributed by atoms with Crippen molar-refractivity contribution in [2.75, 3.05) is 17.7 Å². The van der Waals surface area contributed by atoms with Crippen LogP contribution in [0.1, 0.15) is 38.4 Å². The van der Waals surface area contributed by atoms with Crippen molar-refractivity contribution in [3.8, 4) is 0 Å². The molecule has 0 bridgehead atoms. The molecule has 0 aromatic carbocycles. The molecule has 1 aromatic heterocycles. The van der Waals surface area contributed by atoms with Crippen LogP contribution in [-0.2, 0) is 6.42 Å². The fourth-order valence-corrected chi connectivity index (χ4v) is 2.56. The molecule has 4 N–H and O–H groups in total. The Bertz CT molecular complexity index is 397. The number of aryl methyl sites for hydroxylation is 1. The van der Waals surface area contributed by atoms with E-state index in [1.807, 2.05) is 0 Å². The number of aliphatic hydroxyl groups is 1. The number of aromatic nitrogens is 2. The maximum Gasteiger partial charge on any atom is 0.133 e. The smallest absolute Gasteiger partial charge is 0.133 e. The van der Waals surface area contributed by atoms with Crippen LogP contribution in [0.15, 0.2) is 6.07 Å². The van der Waals surface area contributed by atoms with E-state index in [4.69, 9.17) is 5.73 Å². The molecule has 0 radical (unpaired) electrons. The van der Waals surface area contributed by atoms with Gasteiger partial charge in [0.25, 0.3) is 0 Å². The first-order valence-electron chi connectivity index (χ1n) is 6.73. The number of nitrogens with one attached hydrogen (secondary N) is 1. The minimum Gasteiger partial charge on any atom is -0.396 e. The number of anilines is 2. The maximum atomic E-state index is 9.31. The van der Waals surface area contributed by atoms with Crippen molar-refractivity contribution >= 4 is 11.6 Å². The van der Waals surface area contributed by atoms with E-state index in [9.17, 15) is 5.11 Å². The van der Waals surface area contributed by atoms with E-state index in [1.54, 1.807) is 6.07 Å². The second kappa shape index (κ2) is 6.00. The van der Waals surface area contributed by atoms with E-state index in [1.165, 1.54) is 0 Å². The number of nitrogen functional groups attached to an aromatic ring is 1. The second-order valence-electron chi connectivity index (χ2n) is 4.97. The molecule has 0 saturated heterocycles. The van der Waals surface area contributed by atoms with Crippen LogP contribution in [0.3, 0.4) is 0 Å². The zero-order valence-electron chi connectivity index (χ0n) is 10.9. The van der Waals surface area contributed by atoms with E-state index in [0.717, 1.165) is 43.7 Å². The predicted octanol–water partition coefficient (Wildman–Crippen LogP) is 1.58. The van der Waals surface area contributed by atoms with Crippen LogP contribution in [0.4, 0.5) is 11.6 Å². The summed E-state index contributed by atoms with van der Waals surface area (Å²) in [5.41, 5.74) is 5.79. The molecular weight excluding hydrogens is 228 g/mol. The Morgan fingerprint density at radius 2 is 2.28 bits per heavy atom. The number of aliphatic hydroxyl groups excluding tert-OH is 1. The summed E-state index contributed by atoms with van der Waals surface area (Å²) in [6.45, 7) is 2.33. The molecule has 0 aliphatic heterocycles. The Hall–Kier alpha value is -1.36. The molecule has 18 heavy (non-hydrogen) atoms. The van der Waals surface area contributed by atoms with Gasteiger partial charge in [0, 0.05) is 31.1 Å². The Balaban J connectivity index is 2.08. The van der Waals surface area contributed by atoms with Gasteiger partial charge in [-0.15, -0.1) is 0 Å². The summed E-state index contributed by atoms with van der Waals surface area (Å²) in [7, 11) is 0. The molecule has 1 aromatic rings. The summed E-state index contributed by atoms with van der Waals surface area (Å²) in [6.07, 6.45) is 5.17. The Labute approximate surface area is 108 Å². The third-order valence-corrected chi connectivity index (χ3v) is 3.49. The van der Waals surface area contributed by atoms with Crippen LogP contribution < -0.4 is 11.1 Å². The first kappa shape index (κ1) is 13.1.